The Morgan fingerprint density at radius 1 is 1.04 bits per heavy atom. The van der Waals surface area contributed by atoms with Crippen molar-refractivity contribution >= 4 is 36.2 Å². The van der Waals surface area contributed by atoms with Crippen molar-refractivity contribution in [1.29, 1.82) is 0 Å². The van der Waals surface area contributed by atoms with Crippen LogP contribution in [-0.2, 0) is 3.74 Å². The maximum atomic E-state index is 12.2. The number of fused-ring (bicyclic) bond motifs is 1. The second-order valence-corrected chi connectivity index (χ2v) is 8.20. The third-order valence-corrected chi connectivity index (χ3v) is 5.43. The van der Waals surface area contributed by atoms with Crippen molar-refractivity contribution in [2.75, 3.05) is 5.73 Å². The van der Waals surface area contributed by atoms with E-state index in [4.69, 9.17) is 13.9 Å². The molecule has 0 saturated heterocycles. The summed E-state index contributed by atoms with van der Waals surface area (Å²) in [4.78, 5) is 35.5. The molecule has 1 aliphatic rings. The number of nitrogen functional groups attached to an aromatic ring is 1. The number of nitrogens with one attached hydrogen (secondary N) is 1. The molecule has 5 N–H and O–H groups in total. The Morgan fingerprint density at radius 3 is 2.22 bits per heavy atom. The summed E-state index contributed by atoms with van der Waals surface area (Å²) in [5.74, 6) is -1.61. The van der Waals surface area contributed by atoms with Gasteiger partial charge in [0.1, 0.15) is 0 Å². The minimum atomic E-state index is -5.04. The molecule has 0 spiro atoms. The molecule has 1 aromatic carbocycles. The monoisotopic (exact) mass is 379 g/mol. The molecule has 1 aromatic heterocycles. The second-order valence-electron chi connectivity index (χ2n) is 4.84. The van der Waals surface area contributed by atoms with Crippen LogP contribution in [0.5, 0.6) is 0 Å². The summed E-state index contributed by atoms with van der Waals surface area (Å²) in [7, 11) is 0. The molecule has 3 rings (SSSR count). The fourth-order valence-corrected chi connectivity index (χ4v) is 3.47. The number of aromatic nitrogens is 1. The van der Waals surface area contributed by atoms with Crippen molar-refractivity contribution in [2.24, 2.45) is 0 Å². The molecule has 0 bridgehead atoms. The molecule has 2 amide bonds. The van der Waals surface area contributed by atoms with Gasteiger partial charge >= 0.3 is 131 Å². The number of nitrogens with zero attached hydrogens (tertiary/aromatic N) is 1. The van der Waals surface area contributed by atoms with Gasteiger partial charge in [-0.15, -0.1) is 0 Å². The first-order valence-electron chi connectivity index (χ1n) is 6.28. The Kier molecular flexibility index (Phi) is 3.29. The van der Waals surface area contributed by atoms with Crippen LogP contribution in [0.15, 0.2) is 35.1 Å². The number of amides is 2. The van der Waals surface area contributed by atoms with E-state index < -0.39 is 31.5 Å². The van der Waals surface area contributed by atoms with Crippen molar-refractivity contribution in [1.82, 2.24) is 9.88 Å². The number of anilines is 1. The quantitative estimate of drug-likeness (QED) is 0.343. The second kappa shape index (κ2) is 4.95. The summed E-state index contributed by atoms with van der Waals surface area (Å²) in [6.45, 7) is 0. The zero-order valence-electron chi connectivity index (χ0n) is 11.4. The molecule has 0 radical (unpaired) electrons. The van der Waals surface area contributed by atoms with Crippen molar-refractivity contribution in [3.8, 4) is 5.69 Å². The average molecular weight is 379 g/mol. The van der Waals surface area contributed by atoms with Crippen molar-refractivity contribution in [3.05, 3.63) is 51.8 Å². The molecule has 2 aromatic rings. The van der Waals surface area contributed by atoms with Crippen LogP contribution < -0.4 is 21.0 Å². The Morgan fingerprint density at radius 2 is 1.65 bits per heavy atom. The number of rotatable bonds is 2. The van der Waals surface area contributed by atoms with Crippen LogP contribution in [-0.4, -0.2) is 38.7 Å². The third kappa shape index (κ3) is 2.40. The van der Waals surface area contributed by atoms with Gasteiger partial charge in [-0.05, 0) is 0 Å². The van der Waals surface area contributed by atoms with Crippen molar-refractivity contribution in [2.45, 2.75) is 0 Å². The van der Waals surface area contributed by atoms with E-state index in [-0.39, 0.29) is 27.0 Å². The molecule has 10 heteroatoms. The van der Waals surface area contributed by atoms with Crippen LogP contribution in [0.1, 0.15) is 20.7 Å². The number of nitrogens with two attached hydrogens (primary N) is 1. The summed E-state index contributed by atoms with van der Waals surface area (Å²) in [5, 5.41) is 2.05. The number of pyridine rings is 1. The van der Waals surface area contributed by atoms with E-state index in [1.165, 1.54) is 24.3 Å². The van der Waals surface area contributed by atoms with E-state index in [1.807, 2.05) is 5.32 Å². The number of hydrogen-bond acceptors (Lipinski definition) is 5. The van der Waals surface area contributed by atoms with E-state index >= 15 is 0 Å². The zero-order chi connectivity index (χ0) is 16.9. The number of hydrogen-bond donors (Lipinski definition) is 4. The van der Waals surface area contributed by atoms with Gasteiger partial charge in [0.05, 0.1) is 0 Å². The standard InChI is InChI=1S/C13H10AsN3O6/c15-11-10-8(12(19)16-13(10)20)5-9(18)17(11)7-3-1-6(2-4-7)14(21,22)23/h1-5H,15H2,(H,16,19,20)(H2,21,22,23). The predicted molar refractivity (Wildman–Crippen MR) is 78.8 cm³/mol. The SMILES string of the molecule is Nc1c2c(cc(=O)n1-c1ccc([As](=O)(O)O)cc1)C(=O)NC2=O. The number of carbonyl (C=O) groups excluding carboxylic acids is 2. The van der Waals surface area contributed by atoms with Gasteiger partial charge in [-0.2, -0.15) is 0 Å². The first-order valence-corrected chi connectivity index (χ1v) is 9.66. The summed E-state index contributed by atoms with van der Waals surface area (Å²) < 4.78 is 30.3. The van der Waals surface area contributed by atoms with Crippen LogP contribution in [0.3, 0.4) is 0 Å². The molecule has 0 aliphatic carbocycles. The number of carbonyl (C=O) groups is 2. The molecule has 0 unspecified atom stereocenters. The molecule has 0 atom stereocenters. The maximum absolute atomic E-state index is 12.2. The van der Waals surface area contributed by atoms with E-state index in [2.05, 4.69) is 0 Å². The number of imide groups is 1. The first kappa shape index (κ1) is 15.3. The Labute approximate surface area is 131 Å². The molecule has 1 aliphatic heterocycles. The van der Waals surface area contributed by atoms with Crippen LogP contribution >= 0.6 is 0 Å². The zero-order valence-corrected chi connectivity index (χ0v) is 13.3. The average Bonchev–Trinajstić information content (AvgIpc) is 2.73. The Balaban J connectivity index is 2.21. The molecule has 23 heavy (non-hydrogen) atoms. The van der Waals surface area contributed by atoms with Crippen LogP contribution in [0.2, 0.25) is 0 Å². The van der Waals surface area contributed by atoms with Gasteiger partial charge in [0, 0.05) is 0 Å². The van der Waals surface area contributed by atoms with Gasteiger partial charge in [0.15, 0.2) is 0 Å². The van der Waals surface area contributed by atoms with E-state index in [0.29, 0.717) is 0 Å². The van der Waals surface area contributed by atoms with Gasteiger partial charge in [-0.1, -0.05) is 0 Å². The van der Waals surface area contributed by atoms with Gasteiger partial charge in [0.2, 0.25) is 0 Å². The van der Waals surface area contributed by atoms with E-state index in [0.717, 1.165) is 10.6 Å². The number of benzene rings is 1. The predicted octanol–water partition coefficient (Wildman–Crippen LogP) is -2.14. The first-order chi connectivity index (χ1) is 10.7. The van der Waals surface area contributed by atoms with Gasteiger partial charge in [-0.3, -0.25) is 0 Å². The Bertz CT molecular complexity index is 957. The van der Waals surface area contributed by atoms with Crippen LogP contribution in [0.4, 0.5) is 5.82 Å². The van der Waals surface area contributed by atoms with Gasteiger partial charge in [-0.25, -0.2) is 0 Å². The van der Waals surface area contributed by atoms with Crippen LogP contribution in [0.25, 0.3) is 5.69 Å². The fourth-order valence-electron chi connectivity index (χ4n) is 2.34. The third-order valence-electron chi connectivity index (χ3n) is 3.40. The summed E-state index contributed by atoms with van der Waals surface area (Å²) >= 11 is -5.04. The Hall–Kier alpha value is -2.61. The molecular weight excluding hydrogens is 369 g/mol. The molecule has 0 fully saturated rings. The summed E-state index contributed by atoms with van der Waals surface area (Å²) in [6.07, 6.45) is 0. The fraction of sp³-hybridized carbons (Fsp3) is 0. The molecule has 2 heterocycles. The van der Waals surface area contributed by atoms with E-state index in [1.54, 1.807) is 0 Å². The van der Waals surface area contributed by atoms with Crippen LogP contribution in [0, 0.1) is 0 Å². The van der Waals surface area contributed by atoms with Crippen molar-refractivity contribution in [3.63, 3.8) is 0 Å². The van der Waals surface area contributed by atoms with Gasteiger partial charge < -0.3 is 0 Å². The van der Waals surface area contributed by atoms with E-state index in [9.17, 15) is 18.1 Å². The van der Waals surface area contributed by atoms with Gasteiger partial charge in [0.25, 0.3) is 0 Å². The minimum absolute atomic E-state index is 0.0937. The molecule has 9 nitrogen and oxygen atoms in total. The summed E-state index contributed by atoms with van der Waals surface area (Å²) in [6, 6.07) is 5.95. The van der Waals surface area contributed by atoms with Crippen molar-refractivity contribution < 1.29 is 21.5 Å². The molecular formula is C13H10AsN3O6. The summed E-state index contributed by atoms with van der Waals surface area (Å²) in [5.41, 5.74) is 5.23. The topological polar surface area (TPSA) is 152 Å². The molecule has 0 saturated carbocycles. The normalized spacial score (nSPS) is 13.8. The molecule has 118 valence electrons.